The SMILES string of the molecule is Cc1cccn2c(=O)c3cc(C(=O)Nc4nccs4)c(=N)n(C(C)c4ccccc4)c3nc12. The fourth-order valence-electron chi connectivity index (χ4n) is 3.94. The van der Waals surface area contributed by atoms with E-state index in [9.17, 15) is 9.59 Å². The number of amides is 1. The molecule has 0 saturated carbocycles. The van der Waals surface area contributed by atoms with Crippen LogP contribution in [0, 0.1) is 12.3 Å². The van der Waals surface area contributed by atoms with Gasteiger partial charge in [-0.05, 0) is 37.1 Å². The number of aromatic nitrogens is 4. The van der Waals surface area contributed by atoms with Crippen LogP contribution in [0.5, 0.6) is 0 Å². The number of hydrogen-bond acceptors (Lipinski definition) is 6. The zero-order valence-corrected chi connectivity index (χ0v) is 18.8. The molecular formula is C24H20N6O2S. The van der Waals surface area contributed by atoms with Crippen molar-refractivity contribution in [2.24, 2.45) is 0 Å². The lowest BCUT2D eigenvalue weighted by molar-refractivity contribution is 0.102. The molecule has 0 bridgehead atoms. The minimum absolute atomic E-state index is 0.0299. The van der Waals surface area contributed by atoms with E-state index in [1.54, 1.807) is 28.4 Å². The van der Waals surface area contributed by atoms with Gasteiger partial charge in [-0.1, -0.05) is 36.4 Å². The highest BCUT2D eigenvalue weighted by Gasteiger charge is 2.21. The molecule has 0 fully saturated rings. The first-order valence-corrected chi connectivity index (χ1v) is 11.2. The Kier molecular flexibility index (Phi) is 5.10. The highest BCUT2D eigenvalue weighted by molar-refractivity contribution is 7.13. The van der Waals surface area contributed by atoms with Gasteiger partial charge in [0.05, 0.1) is 17.0 Å². The number of rotatable bonds is 4. The molecule has 0 saturated heterocycles. The van der Waals surface area contributed by atoms with E-state index in [1.165, 1.54) is 21.8 Å². The van der Waals surface area contributed by atoms with Crippen molar-refractivity contribution >= 4 is 39.1 Å². The zero-order chi connectivity index (χ0) is 23.1. The third-order valence-corrected chi connectivity index (χ3v) is 6.33. The Bertz CT molecular complexity index is 1620. The van der Waals surface area contributed by atoms with Crippen molar-refractivity contribution in [1.82, 2.24) is 18.9 Å². The molecule has 0 spiro atoms. The van der Waals surface area contributed by atoms with Crippen LogP contribution in [0.1, 0.15) is 34.5 Å². The van der Waals surface area contributed by atoms with Gasteiger partial charge in [0.25, 0.3) is 11.5 Å². The van der Waals surface area contributed by atoms with Crippen LogP contribution in [0.25, 0.3) is 16.7 Å². The molecule has 0 radical (unpaired) electrons. The number of aryl methyl sites for hydroxylation is 1. The van der Waals surface area contributed by atoms with Crippen molar-refractivity contribution in [2.45, 2.75) is 19.9 Å². The van der Waals surface area contributed by atoms with Crippen LogP contribution in [0.15, 0.2) is 71.1 Å². The largest absolute Gasteiger partial charge is 0.303 e. The monoisotopic (exact) mass is 456 g/mol. The second-order valence-electron chi connectivity index (χ2n) is 7.69. The molecular weight excluding hydrogens is 436 g/mol. The van der Waals surface area contributed by atoms with Gasteiger partial charge in [-0.3, -0.25) is 24.7 Å². The molecule has 5 rings (SSSR count). The molecule has 4 aromatic heterocycles. The molecule has 1 atom stereocenters. The second-order valence-corrected chi connectivity index (χ2v) is 8.59. The van der Waals surface area contributed by atoms with Gasteiger partial charge in [0.15, 0.2) is 5.13 Å². The second kappa shape index (κ2) is 8.10. The Morgan fingerprint density at radius 3 is 2.67 bits per heavy atom. The molecule has 0 aliphatic heterocycles. The van der Waals surface area contributed by atoms with Crippen LogP contribution in [0.4, 0.5) is 5.13 Å². The molecule has 5 aromatic rings. The van der Waals surface area contributed by atoms with Crippen LogP contribution in [0.2, 0.25) is 0 Å². The smallest absolute Gasteiger partial charge is 0.267 e. The Morgan fingerprint density at radius 2 is 1.94 bits per heavy atom. The molecule has 0 aliphatic rings. The summed E-state index contributed by atoms with van der Waals surface area (Å²) in [5.74, 6) is -0.500. The number of nitrogens with one attached hydrogen (secondary N) is 2. The van der Waals surface area contributed by atoms with Crippen molar-refractivity contribution in [1.29, 1.82) is 5.41 Å². The van der Waals surface area contributed by atoms with Crippen molar-refractivity contribution in [3.63, 3.8) is 0 Å². The number of thiazole rings is 1. The number of hydrogen-bond donors (Lipinski definition) is 2. The fraction of sp³-hybridized carbons (Fsp3) is 0.125. The summed E-state index contributed by atoms with van der Waals surface area (Å²) < 4.78 is 3.12. The summed E-state index contributed by atoms with van der Waals surface area (Å²) in [5.41, 5.74) is 2.40. The predicted octanol–water partition coefficient (Wildman–Crippen LogP) is 3.76. The molecule has 1 aromatic carbocycles. The molecule has 0 aliphatic carbocycles. The topological polar surface area (TPSA) is 105 Å². The molecule has 164 valence electrons. The first-order chi connectivity index (χ1) is 16.0. The van der Waals surface area contributed by atoms with Gasteiger partial charge in [0, 0.05) is 17.8 Å². The average molecular weight is 457 g/mol. The van der Waals surface area contributed by atoms with E-state index in [1.807, 2.05) is 50.2 Å². The minimum atomic E-state index is -0.500. The van der Waals surface area contributed by atoms with E-state index in [-0.39, 0.29) is 28.0 Å². The van der Waals surface area contributed by atoms with Gasteiger partial charge in [-0.15, -0.1) is 11.3 Å². The Hall–Kier alpha value is -4.11. The average Bonchev–Trinajstić information content (AvgIpc) is 3.33. The number of nitrogens with zero attached hydrogens (tertiary/aromatic N) is 4. The van der Waals surface area contributed by atoms with Crippen molar-refractivity contribution in [3.05, 3.63) is 98.8 Å². The molecule has 33 heavy (non-hydrogen) atoms. The first kappa shape index (κ1) is 20.8. The standard InChI is InChI=1S/C24H20N6O2S/c1-14-7-6-11-29-20(14)27-21-18(23(29)32)13-17(22(31)28-24-26-10-12-33-24)19(25)30(21)15(2)16-8-4-3-5-9-16/h3-13,15,25H,1-2H3,(H,26,28,31). The summed E-state index contributed by atoms with van der Waals surface area (Å²) in [6.07, 6.45) is 3.25. The number of fused-ring (bicyclic) bond motifs is 2. The minimum Gasteiger partial charge on any atom is -0.303 e. The molecule has 4 heterocycles. The van der Waals surface area contributed by atoms with E-state index in [4.69, 9.17) is 10.4 Å². The van der Waals surface area contributed by atoms with Crippen molar-refractivity contribution < 1.29 is 4.79 Å². The molecule has 9 heteroatoms. The lowest BCUT2D eigenvalue weighted by atomic mass is 10.1. The predicted molar refractivity (Wildman–Crippen MR) is 128 cm³/mol. The van der Waals surface area contributed by atoms with E-state index >= 15 is 0 Å². The fourth-order valence-corrected chi connectivity index (χ4v) is 4.46. The van der Waals surface area contributed by atoms with Crippen LogP contribution < -0.4 is 16.4 Å². The lowest BCUT2D eigenvalue weighted by Gasteiger charge is -2.21. The van der Waals surface area contributed by atoms with Gasteiger partial charge in [-0.2, -0.15) is 0 Å². The summed E-state index contributed by atoms with van der Waals surface area (Å²) in [6, 6.07) is 14.4. The molecule has 2 N–H and O–H groups in total. The van der Waals surface area contributed by atoms with Crippen LogP contribution in [-0.2, 0) is 0 Å². The highest BCUT2D eigenvalue weighted by atomic mass is 32.1. The van der Waals surface area contributed by atoms with Gasteiger partial charge < -0.3 is 4.57 Å². The summed E-state index contributed by atoms with van der Waals surface area (Å²) in [4.78, 5) is 35.4. The molecule has 8 nitrogen and oxygen atoms in total. The van der Waals surface area contributed by atoms with Crippen molar-refractivity contribution in [2.75, 3.05) is 5.32 Å². The zero-order valence-electron chi connectivity index (χ0n) is 17.9. The number of benzene rings is 1. The van der Waals surface area contributed by atoms with E-state index in [0.717, 1.165) is 11.1 Å². The first-order valence-electron chi connectivity index (χ1n) is 10.3. The summed E-state index contributed by atoms with van der Waals surface area (Å²) >= 11 is 1.28. The van der Waals surface area contributed by atoms with Crippen LogP contribution in [-0.4, -0.2) is 24.8 Å². The van der Waals surface area contributed by atoms with Gasteiger partial charge in [-0.25, -0.2) is 9.97 Å². The quantitative estimate of drug-likeness (QED) is 0.402. The number of carbonyl (C=O) groups excluding carboxylic acids is 1. The normalized spacial score (nSPS) is 12.2. The Labute approximate surface area is 192 Å². The highest BCUT2D eigenvalue weighted by Crippen LogP contribution is 2.22. The van der Waals surface area contributed by atoms with Gasteiger partial charge >= 0.3 is 0 Å². The maximum Gasteiger partial charge on any atom is 0.267 e. The van der Waals surface area contributed by atoms with E-state index < -0.39 is 5.91 Å². The van der Waals surface area contributed by atoms with Crippen LogP contribution in [0.3, 0.4) is 0 Å². The molecule has 1 amide bonds. The van der Waals surface area contributed by atoms with Crippen molar-refractivity contribution in [3.8, 4) is 0 Å². The number of pyridine rings is 2. The Morgan fingerprint density at radius 1 is 1.15 bits per heavy atom. The van der Waals surface area contributed by atoms with Gasteiger partial charge in [0.2, 0.25) is 0 Å². The number of carbonyl (C=O) groups is 1. The summed E-state index contributed by atoms with van der Waals surface area (Å²) in [7, 11) is 0. The van der Waals surface area contributed by atoms with Crippen LogP contribution >= 0.6 is 11.3 Å². The number of anilines is 1. The maximum atomic E-state index is 13.5. The summed E-state index contributed by atoms with van der Waals surface area (Å²) in [6.45, 7) is 3.81. The lowest BCUT2D eigenvalue weighted by Crippen LogP contribution is -2.34. The third kappa shape index (κ3) is 3.52. The molecule has 1 unspecified atom stereocenters. The van der Waals surface area contributed by atoms with E-state index in [0.29, 0.717) is 16.4 Å². The Balaban J connectivity index is 1.84. The van der Waals surface area contributed by atoms with E-state index in [2.05, 4.69) is 10.3 Å². The van der Waals surface area contributed by atoms with Gasteiger partial charge in [0.1, 0.15) is 16.8 Å². The maximum absolute atomic E-state index is 13.5. The third-order valence-electron chi connectivity index (χ3n) is 5.64. The summed E-state index contributed by atoms with van der Waals surface area (Å²) in [5, 5.41) is 14.1.